The van der Waals surface area contributed by atoms with Gasteiger partial charge in [0.2, 0.25) is 0 Å². The summed E-state index contributed by atoms with van der Waals surface area (Å²) in [5.74, 6) is 0.838. The van der Waals surface area contributed by atoms with Gasteiger partial charge in [-0.15, -0.1) is 0 Å². The number of nitrogens with one attached hydrogen (secondary N) is 1. The maximum Gasteiger partial charge on any atom is 0.0480 e. The van der Waals surface area contributed by atoms with Crippen LogP contribution < -0.4 is 5.32 Å². The van der Waals surface area contributed by atoms with Gasteiger partial charge in [0.1, 0.15) is 0 Å². The van der Waals surface area contributed by atoms with Crippen molar-refractivity contribution in [2.45, 2.75) is 57.0 Å². The topological polar surface area (TPSA) is 24.5 Å². The summed E-state index contributed by atoms with van der Waals surface area (Å²) in [4.78, 5) is 2.60. The second kappa shape index (κ2) is 7.46. The van der Waals surface area contributed by atoms with Crippen LogP contribution in [-0.2, 0) is 4.74 Å². The summed E-state index contributed by atoms with van der Waals surface area (Å²) in [5, 5.41) is 3.55. The third kappa shape index (κ3) is 3.94. The van der Waals surface area contributed by atoms with E-state index in [1.165, 1.54) is 51.5 Å². The van der Waals surface area contributed by atoms with Crippen LogP contribution in [0, 0.1) is 5.92 Å². The Kier molecular flexibility index (Phi) is 5.93. The van der Waals surface area contributed by atoms with Crippen LogP contribution in [-0.4, -0.2) is 50.8 Å². The van der Waals surface area contributed by atoms with Crippen molar-refractivity contribution in [3.05, 3.63) is 0 Å². The molecular weight excluding hydrogens is 224 g/mol. The Morgan fingerprint density at radius 2 is 1.78 bits per heavy atom. The van der Waals surface area contributed by atoms with Crippen LogP contribution in [0.1, 0.15) is 44.9 Å². The van der Waals surface area contributed by atoms with Crippen molar-refractivity contribution in [3.63, 3.8) is 0 Å². The molecule has 3 nitrogen and oxygen atoms in total. The molecule has 0 aromatic heterocycles. The van der Waals surface area contributed by atoms with Crippen molar-refractivity contribution in [2.75, 3.05) is 33.9 Å². The summed E-state index contributed by atoms with van der Waals surface area (Å²) in [6.07, 6.45) is 9.45. The van der Waals surface area contributed by atoms with Gasteiger partial charge in [-0.2, -0.15) is 0 Å². The van der Waals surface area contributed by atoms with Crippen LogP contribution in [0.15, 0.2) is 0 Å². The van der Waals surface area contributed by atoms with Crippen molar-refractivity contribution in [1.82, 2.24) is 10.2 Å². The average Bonchev–Trinajstić information content (AvgIpc) is 2.64. The molecule has 3 heteroatoms. The Morgan fingerprint density at radius 1 is 1.06 bits per heavy atom. The zero-order chi connectivity index (χ0) is 12.8. The van der Waals surface area contributed by atoms with E-state index >= 15 is 0 Å². The molecule has 0 radical (unpaired) electrons. The van der Waals surface area contributed by atoms with E-state index in [2.05, 4.69) is 24.3 Å². The molecule has 0 amide bonds. The highest BCUT2D eigenvalue weighted by molar-refractivity contribution is 4.82. The maximum absolute atomic E-state index is 5.46. The van der Waals surface area contributed by atoms with Crippen molar-refractivity contribution in [3.8, 4) is 0 Å². The van der Waals surface area contributed by atoms with Gasteiger partial charge in [-0.3, -0.25) is 0 Å². The van der Waals surface area contributed by atoms with E-state index in [0.717, 1.165) is 31.2 Å². The molecule has 1 saturated heterocycles. The lowest BCUT2D eigenvalue weighted by atomic mass is 9.93. The molecule has 0 spiro atoms. The summed E-state index contributed by atoms with van der Waals surface area (Å²) in [7, 11) is 4.45. The number of nitrogens with zero attached hydrogens (tertiary/aromatic N) is 1. The quantitative estimate of drug-likeness (QED) is 0.779. The van der Waals surface area contributed by atoms with Crippen LogP contribution in [0.25, 0.3) is 0 Å². The largest absolute Gasteiger partial charge is 0.381 e. The zero-order valence-corrected chi connectivity index (χ0v) is 12.2. The summed E-state index contributed by atoms with van der Waals surface area (Å²) >= 11 is 0. The van der Waals surface area contributed by atoms with E-state index in [-0.39, 0.29) is 0 Å². The molecule has 1 heterocycles. The van der Waals surface area contributed by atoms with Gasteiger partial charge in [0, 0.05) is 31.8 Å². The highest BCUT2D eigenvalue weighted by Gasteiger charge is 2.26. The van der Waals surface area contributed by atoms with Gasteiger partial charge in [0.25, 0.3) is 0 Å². The minimum atomic E-state index is 0.731. The first-order valence-corrected chi connectivity index (χ1v) is 7.76. The molecule has 106 valence electrons. The second-order valence-corrected chi connectivity index (χ2v) is 6.08. The summed E-state index contributed by atoms with van der Waals surface area (Å²) in [6, 6.07) is 1.48. The lowest BCUT2D eigenvalue weighted by Crippen LogP contribution is -2.44. The van der Waals surface area contributed by atoms with E-state index in [0.29, 0.717) is 0 Å². The Bertz CT molecular complexity index is 229. The second-order valence-electron chi connectivity index (χ2n) is 6.08. The molecule has 2 aliphatic rings. The molecule has 0 aromatic carbocycles. The molecular formula is C15H30N2O. The van der Waals surface area contributed by atoms with Gasteiger partial charge in [-0.1, -0.05) is 19.3 Å². The molecule has 2 fully saturated rings. The van der Waals surface area contributed by atoms with Crippen molar-refractivity contribution >= 4 is 0 Å². The van der Waals surface area contributed by atoms with Gasteiger partial charge in [0.15, 0.2) is 0 Å². The average molecular weight is 254 g/mol. The molecule has 1 saturated carbocycles. The first kappa shape index (κ1) is 14.3. The van der Waals surface area contributed by atoms with E-state index in [9.17, 15) is 0 Å². The Hall–Kier alpha value is -0.120. The smallest absolute Gasteiger partial charge is 0.0480 e. The number of rotatable bonds is 4. The summed E-state index contributed by atoms with van der Waals surface area (Å²) in [5.41, 5.74) is 0. The molecule has 2 atom stereocenters. The monoisotopic (exact) mass is 254 g/mol. The van der Waals surface area contributed by atoms with Gasteiger partial charge in [0.05, 0.1) is 0 Å². The first-order valence-electron chi connectivity index (χ1n) is 7.76. The Morgan fingerprint density at radius 3 is 2.50 bits per heavy atom. The van der Waals surface area contributed by atoms with Crippen LogP contribution >= 0.6 is 0 Å². The maximum atomic E-state index is 5.46. The third-order valence-electron chi connectivity index (χ3n) is 4.87. The molecule has 2 unspecified atom stereocenters. The fourth-order valence-electron chi connectivity index (χ4n) is 3.63. The zero-order valence-electron chi connectivity index (χ0n) is 12.2. The molecule has 0 aromatic rings. The van der Waals surface area contributed by atoms with E-state index < -0.39 is 0 Å². The van der Waals surface area contributed by atoms with Crippen LogP contribution in [0.4, 0.5) is 0 Å². The Labute approximate surface area is 112 Å². The highest BCUT2D eigenvalue weighted by atomic mass is 16.5. The van der Waals surface area contributed by atoms with Crippen LogP contribution in [0.2, 0.25) is 0 Å². The SMILES string of the molecule is CNC1CCCCCC1CN(C)C1CCOCC1. The molecule has 1 aliphatic carbocycles. The molecule has 1 aliphatic heterocycles. The lowest BCUT2D eigenvalue weighted by molar-refractivity contribution is 0.0358. The number of hydrogen-bond acceptors (Lipinski definition) is 3. The van der Waals surface area contributed by atoms with Gasteiger partial charge >= 0.3 is 0 Å². The minimum absolute atomic E-state index is 0.731. The van der Waals surface area contributed by atoms with Gasteiger partial charge < -0.3 is 15.0 Å². The molecule has 1 N–H and O–H groups in total. The van der Waals surface area contributed by atoms with Gasteiger partial charge in [-0.05, 0) is 45.7 Å². The minimum Gasteiger partial charge on any atom is -0.381 e. The number of ether oxygens (including phenoxy) is 1. The van der Waals surface area contributed by atoms with E-state index in [1.807, 2.05) is 0 Å². The van der Waals surface area contributed by atoms with Crippen molar-refractivity contribution < 1.29 is 4.74 Å². The molecule has 0 bridgehead atoms. The standard InChI is InChI=1S/C15H30N2O/c1-16-15-7-5-3-4-6-13(15)12-17(2)14-8-10-18-11-9-14/h13-16H,3-12H2,1-2H3. The summed E-state index contributed by atoms with van der Waals surface area (Å²) < 4.78 is 5.46. The normalized spacial score (nSPS) is 31.5. The van der Waals surface area contributed by atoms with Crippen LogP contribution in [0.5, 0.6) is 0 Å². The molecule has 2 rings (SSSR count). The fourth-order valence-corrected chi connectivity index (χ4v) is 3.63. The third-order valence-corrected chi connectivity index (χ3v) is 4.87. The lowest BCUT2D eigenvalue weighted by Gasteiger charge is -2.35. The van der Waals surface area contributed by atoms with Crippen molar-refractivity contribution in [2.24, 2.45) is 5.92 Å². The Balaban J connectivity index is 1.84. The summed E-state index contributed by atoms with van der Waals surface area (Å²) in [6.45, 7) is 3.17. The predicted octanol–water partition coefficient (Wildman–Crippen LogP) is 2.27. The van der Waals surface area contributed by atoms with Crippen molar-refractivity contribution in [1.29, 1.82) is 0 Å². The highest BCUT2D eigenvalue weighted by Crippen LogP contribution is 2.25. The molecule has 18 heavy (non-hydrogen) atoms. The number of hydrogen-bond donors (Lipinski definition) is 1. The van der Waals surface area contributed by atoms with E-state index in [4.69, 9.17) is 4.74 Å². The predicted molar refractivity (Wildman–Crippen MR) is 75.9 cm³/mol. The first-order chi connectivity index (χ1) is 8.81. The van der Waals surface area contributed by atoms with Crippen LogP contribution in [0.3, 0.4) is 0 Å². The fraction of sp³-hybridized carbons (Fsp3) is 1.00. The van der Waals surface area contributed by atoms with Gasteiger partial charge in [-0.25, -0.2) is 0 Å². The van der Waals surface area contributed by atoms with E-state index in [1.54, 1.807) is 0 Å².